The summed E-state index contributed by atoms with van der Waals surface area (Å²) in [6.07, 6.45) is 0. The zero-order valence-corrected chi connectivity index (χ0v) is 19.2. The third-order valence-corrected chi connectivity index (χ3v) is 7.64. The molecule has 0 aromatic heterocycles. The summed E-state index contributed by atoms with van der Waals surface area (Å²) in [5, 5.41) is 0.696. The number of nitrogens with one attached hydrogen (secondary N) is 2. The number of hydrogen-bond donors (Lipinski definition) is 2. The molecule has 2 N–H and O–H groups in total. The molecule has 0 spiro atoms. The van der Waals surface area contributed by atoms with Crippen LogP contribution in [-0.2, 0) is 20.0 Å². The van der Waals surface area contributed by atoms with E-state index in [9.17, 15) is 16.8 Å². The van der Waals surface area contributed by atoms with E-state index in [-0.39, 0.29) is 9.79 Å². The summed E-state index contributed by atoms with van der Waals surface area (Å²) >= 11 is 29.0. The topological polar surface area (TPSA) is 92.3 Å². The lowest BCUT2D eigenvalue weighted by Gasteiger charge is -2.25. The van der Waals surface area contributed by atoms with Crippen molar-refractivity contribution in [2.75, 3.05) is 6.54 Å². The maximum Gasteiger partial charge on any atom is 0.241 e. The highest BCUT2D eigenvalue weighted by Gasteiger charge is 2.37. The lowest BCUT2D eigenvalue weighted by atomic mass is 10.4. The van der Waals surface area contributed by atoms with Gasteiger partial charge >= 0.3 is 0 Å². The molecule has 0 amide bonds. The van der Waals surface area contributed by atoms with Gasteiger partial charge in [-0.15, -0.1) is 0 Å². The molecular formula is C15H13Cl5N2O4S2. The second-order valence-corrected chi connectivity index (χ2v) is 12.2. The van der Waals surface area contributed by atoms with Crippen LogP contribution in [0.15, 0.2) is 58.3 Å². The van der Waals surface area contributed by atoms with Gasteiger partial charge in [0, 0.05) is 16.6 Å². The Hall–Kier alpha value is -0.290. The fraction of sp³-hybridized carbons (Fsp3) is 0.200. The fourth-order valence-corrected chi connectivity index (χ4v) is 5.14. The van der Waals surface area contributed by atoms with Crippen molar-refractivity contribution in [3.8, 4) is 0 Å². The molecule has 154 valence electrons. The first-order valence-corrected chi connectivity index (χ1v) is 12.3. The first-order valence-electron chi connectivity index (χ1n) is 7.41. The second kappa shape index (κ2) is 9.24. The van der Waals surface area contributed by atoms with Gasteiger partial charge in [-0.05, 0) is 48.5 Å². The van der Waals surface area contributed by atoms with E-state index in [0.717, 1.165) is 0 Å². The van der Waals surface area contributed by atoms with Crippen molar-refractivity contribution < 1.29 is 16.8 Å². The molecule has 0 radical (unpaired) electrons. The largest absolute Gasteiger partial charge is 0.241 e. The first kappa shape index (κ1) is 24.0. The molecule has 2 rings (SSSR count). The molecule has 0 bridgehead atoms. The van der Waals surface area contributed by atoms with Crippen LogP contribution in [0, 0.1) is 0 Å². The molecule has 0 aliphatic rings. The van der Waals surface area contributed by atoms with Gasteiger partial charge in [-0.2, -0.15) is 0 Å². The average Bonchev–Trinajstić information content (AvgIpc) is 2.58. The van der Waals surface area contributed by atoms with Gasteiger partial charge in [-0.3, -0.25) is 0 Å². The van der Waals surface area contributed by atoms with Crippen LogP contribution in [0.3, 0.4) is 0 Å². The molecule has 13 heteroatoms. The molecule has 0 heterocycles. The van der Waals surface area contributed by atoms with Gasteiger partial charge in [0.05, 0.1) is 15.8 Å². The predicted molar refractivity (Wildman–Crippen MR) is 112 cm³/mol. The van der Waals surface area contributed by atoms with Crippen LogP contribution in [0.4, 0.5) is 0 Å². The van der Waals surface area contributed by atoms with Crippen LogP contribution in [0.25, 0.3) is 0 Å². The third-order valence-electron chi connectivity index (χ3n) is 3.42. The maximum absolute atomic E-state index is 12.5. The van der Waals surface area contributed by atoms with E-state index in [2.05, 4.69) is 9.44 Å². The predicted octanol–water partition coefficient (Wildman–Crippen LogP) is 3.99. The van der Waals surface area contributed by atoms with Gasteiger partial charge in [0.2, 0.25) is 23.8 Å². The van der Waals surface area contributed by atoms with Gasteiger partial charge < -0.3 is 0 Å². The molecule has 6 nitrogen and oxygen atoms in total. The van der Waals surface area contributed by atoms with Crippen molar-refractivity contribution >= 4 is 78.1 Å². The minimum Gasteiger partial charge on any atom is -0.209 e. The van der Waals surface area contributed by atoms with E-state index in [1.807, 2.05) is 0 Å². The summed E-state index contributed by atoms with van der Waals surface area (Å²) in [6.45, 7) is -0.520. The van der Waals surface area contributed by atoms with Crippen molar-refractivity contribution in [3.63, 3.8) is 0 Å². The summed E-state index contributed by atoms with van der Waals surface area (Å²) in [4.78, 5) is -0.211. The Morgan fingerprint density at radius 2 is 1.14 bits per heavy atom. The Kier molecular flexibility index (Phi) is 7.92. The maximum atomic E-state index is 12.5. The number of rotatable bonds is 7. The summed E-state index contributed by atoms with van der Waals surface area (Å²) in [5.41, 5.74) is 0. The molecule has 1 atom stereocenters. The monoisotopic (exact) mass is 524 g/mol. The molecule has 0 aliphatic heterocycles. The summed E-state index contributed by atoms with van der Waals surface area (Å²) in [7, 11) is -8.11. The highest BCUT2D eigenvalue weighted by Crippen LogP contribution is 2.31. The Morgan fingerprint density at radius 3 is 1.54 bits per heavy atom. The van der Waals surface area contributed by atoms with Crippen molar-refractivity contribution in [2.24, 2.45) is 0 Å². The molecule has 0 aliphatic carbocycles. The molecule has 2 aromatic carbocycles. The zero-order valence-electron chi connectivity index (χ0n) is 13.7. The van der Waals surface area contributed by atoms with E-state index in [4.69, 9.17) is 58.0 Å². The average molecular weight is 527 g/mol. The highest BCUT2D eigenvalue weighted by molar-refractivity contribution is 7.90. The second-order valence-electron chi connectivity index (χ2n) is 5.48. The number of halogens is 5. The normalized spacial score (nSPS) is 14.0. The minimum atomic E-state index is -4.11. The van der Waals surface area contributed by atoms with Crippen molar-refractivity contribution in [1.82, 2.24) is 9.44 Å². The minimum absolute atomic E-state index is 0.0828. The summed E-state index contributed by atoms with van der Waals surface area (Å²) < 4.78 is 52.0. The molecule has 0 fully saturated rings. The van der Waals surface area contributed by atoms with E-state index in [1.165, 1.54) is 48.5 Å². The van der Waals surface area contributed by atoms with Gasteiger partial charge in [-0.25, -0.2) is 26.3 Å². The van der Waals surface area contributed by atoms with Crippen LogP contribution in [0.5, 0.6) is 0 Å². The molecule has 2 aromatic rings. The van der Waals surface area contributed by atoms with Crippen molar-refractivity contribution in [1.29, 1.82) is 0 Å². The number of hydrogen-bond acceptors (Lipinski definition) is 4. The van der Waals surface area contributed by atoms with Crippen molar-refractivity contribution in [2.45, 2.75) is 19.6 Å². The Labute approximate surface area is 188 Å². The van der Waals surface area contributed by atoms with E-state index in [1.54, 1.807) is 0 Å². The molecule has 0 saturated carbocycles. The standard InChI is InChI=1S/C15H13Cl5N2O4S2/c16-10-1-5-12(6-2-10)27(23,24)21-9-14(15(18,19)20)22-28(25,26)13-7-3-11(17)4-8-13/h1-8,14,21-22H,9H2. The zero-order chi connectivity index (χ0) is 21.2. The van der Waals surface area contributed by atoms with Crippen molar-refractivity contribution in [3.05, 3.63) is 58.6 Å². The van der Waals surface area contributed by atoms with Crippen LogP contribution < -0.4 is 9.44 Å². The van der Waals surface area contributed by atoms with Crippen LogP contribution >= 0.6 is 58.0 Å². The third kappa shape index (κ3) is 6.62. The van der Waals surface area contributed by atoms with Gasteiger partial charge in [0.25, 0.3) is 0 Å². The van der Waals surface area contributed by atoms with Gasteiger partial charge in [0.15, 0.2) is 0 Å². The molecule has 0 saturated heterocycles. The molecule has 1 unspecified atom stereocenters. The highest BCUT2D eigenvalue weighted by atomic mass is 35.6. The van der Waals surface area contributed by atoms with E-state index in [0.29, 0.717) is 10.0 Å². The summed E-state index contributed by atoms with van der Waals surface area (Å²) in [5.74, 6) is 0. The Bertz CT molecular complexity index is 1020. The number of alkyl halides is 3. The Morgan fingerprint density at radius 1 is 0.750 bits per heavy atom. The smallest absolute Gasteiger partial charge is 0.209 e. The molecular weight excluding hydrogens is 514 g/mol. The van der Waals surface area contributed by atoms with Crippen LogP contribution in [0.1, 0.15) is 0 Å². The van der Waals surface area contributed by atoms with Crippen LogP contribution in [-0.4, -0.2) is 33.2 Å². The first-order chi connectivity index (χ1) is 12.8. The lowest BCUT2D eigenvalue weighted by Crippen LogP contribution is -2.50. The van der Waals surface area contributed by atoms with Gasteiger partial charge in [-0.1, -0.05) is 58.0 Å². The fourth-order valence-electron chi connectivity index (χ4n) is 1.98. The SMILES string of the molecule is O=S(=O)(NCC(NS(=O)(=O)c1ccc(Cl)cc1)C(Cl)(Cl)Cl)c1ccc(Cl)cc1. The molecule has 28 heavy (non-hydrogen) atoms. The number of sulfonamides is 2. The summed E-state index contributed by atoms with van der Waals surface area (Å²) in [6, 6.07) is 9.24. The lowest BCUT2D eigenvalue weighted by molar-refractivity contribution is 0.533. The quantitative estimate of drug-likeness (QED) is 0.534. The van der Waals surface area contributed by atoms with E-state index >= 15 is 0 Å². The van der Waals surface area contributed by atoms with E-state index < -0.39 is 36.4 Å². The van der Waals surface area contributed by atoms with Crippen LogP contribution in [0.2, 0.25) is 10.0 Å². The van der Waals surface area contributed by atoms with Gasteiger partial charge in [0.1, 0.15) is 0 Å². The number of benzene rings is 2. The Balaban J connectivity index is 2.20.